The molecule has 1 atom stereocenters. The highest BCUT2D eigenvalue weighted by Crippen LogP contribution is 2.42. The maximum absolute atomic E-state index is 9.83. The van der Waals surface area contributed by atoms with Gasteiger partial charge in [-0.25, -0.2) is 0 Å². The maximum Gasteiger partial charge on any atom is 0.191 e. The van der Waals surface area contributed by atoms with Crippen molar-refractivity contribution in [1.29, 1.82) is 0 Å². The van der Waals surface area contributed by atoms with Crippen LogP contribution in [0.1, 0.15) is 0 Å². The van der Waals surface area contributed by atoms with E-state index in [9.17, 15) is 5.11 Å². The lowest BCUT2D eigenvalue weighted by atomic mass is 10.2. The third-order valence-corrected chi connectivity index (χ3v) is 6.04. The van der Waals surface area contributed by atoms with Gasteiger partial charge in [0.15, 0.2) is 11.0 Å². The van der Waals surface area contributed by atoms with Crippen molar-refractivity contribution in [1.82, 2.24) is 14.8 Å². The van der Waals surface area contributed by atoms with E-state index >= 15 is 0 Å². The summed E-state index contributed by atoms with van der Waals surface area (Å²) >= 11 is 9.62. The Hall–Kier alpha value is -1.08. The molecule has 1 aromatic carbocycles. The molecule has 4 nitrogen and oxygen atoms in total. The van der Waals surface area contributed by atoms with Gasteiger partial charge in [0.05, 0.1) is 22.5 Å². The second-order valence-electron chi connectivity index (χ2n) is 4.62. The molecule has 1 unspecified atom stereocenters. The van der Waals surface area contributed by atoms with Crippen molar-refractivity contribution in [3.8, 4) is 10.7 Å². The van der Waals surface area contributed by atoms with Crippen LogP contribution >= 0.6 is 34.7 Å². The van der Waals surface area contributed by atoms with Gasteiger partial charge in [-0.15, -0.1) is 21.5 Å². The Kier molecular flexibility index (Phi) is 2.99. The van der Waals surface area contributed by atoms with Gasteiger partial charge >= 0.3 is 0 Å². The van der Waals surface area contributed by atoms with E-state index in [2.05, 4.69) is 10.2 Å². The maximum atomic E-state index is 9.83. The number of aromatic nitrogens is 3. The van der Waals surface area contributed by atoms with Gasteiger partial charge in [-0.05, 0) is 6.07 Å². The highest BCUT2D eigenvalue weighted by atomic mass is 35.5. The molecule has 0 saturated heterocycles. The van der Waals surface area contributed by atoms with Crippen molar-refractivity contribution in [2.24, 2.45) is 0 Å². The van der Waals surface area contributed by atoms with Crippen LogP contribution in [0.25, 0.3) is 20.8 Å². The first-order valence-corrected chi connectivity index (χ1v) is 8.33. The summed E-state index contributed by atoms with van der Waals surface area (Å²) in [6, 6.07) is 8.03. The van der Waals surface area contributed by atoms with Crippen LogP contribution in [0.2, 0.25) is 5.02 Å². The van der Waals surface area contributed by atoms with E-state index in [1.165, 1.54) is 11.8 Å². The summed E-state index contributed by atoms with van der Waals surface area (Å²) in [4.78, 5) is 0.918. The summed E-state index contributed by atoms with van der Waals surface area (Å²) in [5.74, 6) is 1.41. The molecule has 1 aliphatic heterocycles. The largest absolute Gasteiger partial charge is 0.390 e. The number of aliphatic hydroxyl groups is 1. The summed E-state index contributed by atoms with van der Waals surface area (Å²) < 4.78 is 3.09. The molecule has 7 heteroatoms. The van der Waals surface area contributed by atoms with Gasteiger partial charge in [0.1, 0.15) is 0 Å². The lowest BCUT2D eigenvalue weighted by Gasteiger charge is -2.18. The van der Waals surface area contributed by atoms with Crippen LogP contribution in [0, 0.1) is 0 Å². The lowest BCUT2D eigenvalue weighted by Crippen LogP contribution is -2.24. The molecule has 102 valence electrons. The Morgan fingerprint density at radius 1 is 1.30 bits per heavy atom. The number of aliphatic hydroxyl groups excluding tert-OH is 1. The molecule has 0 aliphatic carbocycles. The summed E-state index contributed by atoms with van der Waals surface area (Å²) in [7, 11) is 0. The molecule has 0 fully saturated rings. The van der Waals surface area contributed by atoms with Crippen molar-refractivity contribution < 1.29 is 5.11 Å². The number of fused-ring (bicyclic) bond motifs is 2. The van der Waals surface area contributed by atoms with E-state index in [1.54, 1.807) is 11.3 Å². The minimum Gasteiger partial charge on any atom is -0.390 e. The van der Waals surface area contributed by atoms with E-state index in [4.69, 9.17) is 11.6 Å². The first-order chi connectivity index (χ1) is 9.74. The minimum absolute atomic E-state index is 0.365. The number of halogens is 1. The Balaban J connectivity index is 1.92. The van der Waals surface area contributed by atoms with Gasteiger partial charge in [-0.3, -0.25) is 4.57 Å². The first kappa shape index (κ1) is 12.6. The van der Waals surface area contributed by atoms with E-state index in [-0.39, 0.29) is 6.10 Å². The molecule has 2 aromatic heterocycles. The fourth-order valence-corrected chi connectivity index (χ4v) is 4.69. The third kappa shape index (κ3) is 1.87. The monoisotopic (exact) mass is 323 g/mol. The second-order valence-corrected chi connectivity index (χ2v) is 7.04. The average Bonchev–Trinajstić information content (AvgIpc) is 3.00. The molecule has 0 saturated carbocycles. The Morgan fingerprint density at radius 3 is 3.00 bits per heavy atom. The number of benzene rings is 1. The molecule has 0 amide bonds. The number of nitrogens with zero attached hydrogens (tertiary/aromatic N) is 3. The lowest BCUT2D eigenvalue weighted by molar-refractivity contribution is 0.171. The summed E-state index contributed by atoms with van der Waals surface area (Å²) in [5, 5.41) is 20.9. The zero-order valence-electron chi connectivity index (χ0n) is 10.3. The zero-order chi connectivity index (χ0) is 13.7. The second kappa shape index (κ2) is 4.73. The Bertz CT molecular complexity index is 798. The fraction of sp³-hybridized carbons (Fsp3) is 0.231. The van der Waals surface area contributed by atoms with Crippen LogP contribution in [0.4, 0.5) is 0 Å². The van der Waals surface area contributed by atoms with Crippen LogP contribution in [-0.2, 0) is 6.54 Å². The smallest absolute Gasteiger partial charge is 0.191 e. The summed E-state index contributed by atoms with van der Waals surface area (Å²) in [6.45, 7) is 0.523. The highest BCUT2D eigenvalue weighted by Gasteiger charge is 2.25. The molecular weight excluding hydrogens is 314 g/mol. The number of thiophene rings is 1. The highest BCUT2D eigenvalue weighted by molar-refractivity contribution is 7.99. The van der Waals surface area contributed by atoms with Crippen molar-refractivity contribution in [3.05, 3.63) is 29.3 Å². The molecule has 4 rings (SSSR count). The topological polar surface area (TPSA) is 50.9 Å². The third-order valence-electron chi connectivity index (χ3n) is 3.25. The van der Waals surface area contributed by atoms with E-state index < -0.39 is 0 Å². The van der Waals surface area contributed by atoms with Gasteiger partial charge in [0, 0.05) is 15.8 Å². The van der Waals surface area contributed by atoms with Crippen LogP contribution < -0.4 is 0 Å². The van der Waals surface area contributed by atoms with Gasteiger partial charge in [-0.2, -0.15) is 0 Å². The number of thioether (sulfide) groups is 1. The molecule has 0 spiro atoms. The molecule has 0 bridgehead atoms. The summed E-state index contributed by atoms with van der Waals surface area (Å²) in [5.41, 5.74) is 0. The zero-order valence-corrected chi connectivity index (χ0v) is 12.7. The van der Waals surface area contributed by atoms with Gasteiger partial charge in [-0.1, -0.05) is 41.6 Å². The molecule has 3 aromatic rings. The molecular formula is C13H10ClN3OS2. The first-order valence-electron chi connectivity index (χ1n) is 6.15. The van der Waals surface area contributed by atoms with Gasteiger partial charge < -0.3 is 5.11 Å². The van der Waals surface area contributed by atoms with Crippen molar-refractivity contribution in [2.45, 2.75) is 17.8 Å². The number of hydrogen-bond acceptors (Lipinski definition) is 5. The molecule has 1 N–H and O–H groups in total. The minimum atomic E-state index is -0.365. The van der Waals surface area contributed by atoms with Crippen LogP contribution in [-0.4, -0.2) is 31.7 Å². The number of rotatable bonds is 1. The number of hydrogen-bond donors (Lipinski definition) is 1. The SMILES string of the molecule is OC1CSc2nnc(-c3sc4ccccc4c3Cl)n2C1. The van der Waals surface area contributed by atoms with Crippen LogP contribution in [0.5, 0.6) is 0 Å². The molecule has 1 aliphatic rings. The van der Waals surface area contributed by atoms with Crippen molar-refractivity contribution >= 4 is 44.8 Å². The van der Waals surface area contributed by atoms with Gasteiger partial charge in [0.2, 0.25) is 0 Å². The van der Waals surface area contributed by atoms with Gasteiger partial charge in [0.25, 0.3) is 0 Å². The molecule has 0 radical (unpaired) electrons. The Labute approximate surface area is 128 Å². The van der Waals surface area contributed by atoms with E-state index in [1.807, 2.05) is 28.8 Å². The van der Waals surface area contributed by atoms with Crippen molar-refractivity contribution in [2.75, 3.05) is 5.75 Å². The van der Waals surface area contributed by atoms with Crippen LogP contribution in [0.3, 0.4) is 0 Å². The standard InChI is InChI=1S/C13H10ClN3OS2/c14-10-8-3-1-2-4-9(8)20-11(10)12-15-16-13-17(12)5-7(18)6-19-13/h1-4,7,18H,5-6H2. The predicted molar refractivity (Wildman–Crippen MR) is 82.6 cm³/mol. The van der Waals surface area contributed by atoms with Crippen LogP contribution in [0.15, 0.2) is 29.4 Å². The van der Waals surface area contributed by atoms with E-state index in [0.717, 1.165) is 25.9 Å². The van der Waals surface area contributed by atoms with Crippen molar-refractivity contribution in [3.63, 3.8) is 0 Å². The normalized spacial score (nSPS) is 18.4. The quantitative estimate of drug-likeness (QED) is 0.746. The molecule has 20 heavy (non-hydrogen) atoms. The summed E-state index contributed by atoms with van der Waals surface area (Å²) in [6.07, 6.45) is -0.365. The predicted octanol–water partition coefficient (Wildman–Crippen LogP) is 3.28. The van der Waals surface area contributed by atoms with E-state index in [0.29, 0.717) is 17.3 Å². The average molecular weight is 324 g/mol. The fourth-order valence-electron chi connectivity index (χ4n) is 2.32. The Morgan fingerprint density at radius 2 is 2.15 bits per heavy atom. The molecule has 3 heterocycles.